The van der Waals surface area contributed by atoms with Gasteiger partial charge in [-0.1, -0.05) is 0 Å². The van der Waals surface area contributed by atoms with E-state index < -0.39 is 5.97 Å². The van der Waals surface area contributed by atoms with Crippen LogP contribution >= 0.6 is 0 Å². The van der Waals surface area contributed by atoms with E-state index in [4.69, 9.17) is 5.11 Å². The number of nitrogens with zero attached hydrogens (tertiary/aromatic N) is 4. The SMILES string of the molecule is CN1CCN(C)c2c1nn(C)c2C(=O)O. The van der Waals surface area contributed by atoms with Crippen LogP contribution in [-0.2, 0) is 7.05 Å². The molecule has 1 aliphatic heterocycles. The maximum atomic E-state index is 11.1. The summed E-state index contributed by atoms with van der Waals surface area (Å²) in [5, 5.41) is 13.3. The monoisotopic (exact) mass is 210 g/mol. The molecule has 0 amide bonds. The summed E-state index contributed by atoms with van der Waals surface area (Å²) in [6.07, 6.45) is 0. The number of aromatic nitrogens is 2. The van der Waals surface area contributed by atoms with Crippen LogP contribution in [-0.4, -0.2) is 48.0 Å². The zero-order valence-corrected chi connectivity index (χ0v) is 9.06. The van der Waals surface area contributed by atoms with Crippen LogP contribution in [0, 0.1) is 0 Å². The number of rotatable bonds is 1. The maximum Gasteiger partial charge on any atom is 0.356 e. The summed E-state index contributed by atoms with van der Waals surface area (Å²) in [4.78, 5) is 15.0. The van der Waals surface area contributed by atoms with Gasteiger partial charge in [0.2, 0.25) is 0 Å². The molecule has 0 saturated carbocycles. The summed E-state index contributed by atoms with van der Waals surface area (Å²) in [7, 11) is 5.47. The van der Waals surface area contributed by atoms with Gasteiger partial charge < -0.3 is 14.9 Å². The predicted molar refractivity (Wildman–Crippen MR) is 56.7 cm³/mol. The molecular formula is C9H14N4O2. The number of aryl methyl sites for hydroxylation is 1. The van der Waals surface area contributed by atoms with E-state index in [9.17, 15) is 4.79 Å². The molecule has 0 aromatic carbocycles. The highest BCUT2D eigenvalue weighted by Gasteiger charge is 2.29. The topological polar surface area (TPSA) is 61.6 Å². The van der Waals surface area contributed by atoms with E-state index in [0.29, 0.717) is 5.69 Å². The number of fused-ring (bicyclic) bond motifs is 1. The number of carbonyl (C=O) groups is 1. The molecule has 0 bridgehead atoms. The first-order valence-electron chi connectivity index (χ1n) is 4.75. The summed E-state index contributed by atoms with van der Waals surface area (Å²) >= 11 is 0. The van der Waals surface area contributed by atoms with Crippen molar-refractivity contribution in [1.29, 1.82) is 0 Å². The molecule has 1 aromatic heterocycles. The molecule has 0 spiro atoms. The van der Waals surface area contributed by atoms with Gasteiger partial charge in [-0.15, -0.1) is 0 Å². The van der Waals surface area contributed by atoms with Gasteiger partial charge in [-0.25, -0.2) is 4.79 Å². The van der Waals surface area contributed by atoms with Crippen LogP contribution in [0.3, 0.4) is 0 Å². The van der Waals surface area contributed by atoms with Gasteiger partial charge in [0.15, 0.2) is 11.5 Å². The molecule has 1 aromatic rings. The summed E-state index contributed by atoms with van der Waals surface area (Å²) < 4.78 is 1.42. The van der Waals surface area contributed by atoms with Crippen molar-refractivity contribution in [2.75, 3.05) is 37.0 Å². The molecule has 15 heavy (non-hydrogen) atoms. The Hall–Kier alpha value is -1.72. The molecule has 0 aliphatic carbocycles. The van der Waals surface area contributed by atoms with E-state index in [0.717, 1.165) is 18.9 Å². The first kappa shape index (κ1) is 9.82. The smallest absolute Gasteiger partial charge is 0.356 e. The highest BCUT2D eigenvalue weighted by atomic mass is 16.4. The third-order valence-corrected chi connectivity index (χ3v) is 2.72. The lowest BCUT2D eigenvalue weighted by molar-refractivity contribution is 0.0685. The van der Waals surface area contributed by atoms with Crippen molar-refractivity contribution in [3.8, 4) is 0 Å². The highest BCUT2D eigenvalue weighted by Crippen LogP contribution is 2.33. The molecule has 0 saturated heterocycles. The number of hydrogen-bond acceptors (Lipinski definition) is 4. The Morgan fingerprint density at radius 2 is 1.87 bits per heavy atom. The van der Waals surface area contributed by atoms with Crippen LogP contribution in [0.1, 0.15) is 10.5 Å². The van der Waals surface area contributed by atoms with Crippen molar-refractivity contribution in [2.45, 2.75) is 0 Å². The number of anilines is 2. The highest BCUT2D eigenvalue weighted by molar-refractivity contribution is 5.96. The lowest BCUT2D eigenvalue weighted by Gasteiger charge is -2.30. The van der Waals surface area contributed by atoms with Crippen LogP contribution in [0.25, 0.3) is 0 Å². The van der Waals surface area contributed by atoms with E-state index >= 15 is 0 Å². The Bertz CT molecular complexity index is 412. The van der Waals surface area contributed by atoms with Crippen LogP contribution in [0.5, 0.6) is 0 Å². The van der Waals surface area contributed by atoms with E-state index in [-0.39, 0.29) is 5.69 Å². The molecule has 1 N–H and O–H groups in total. The molecule has 1 aliphatic rings. The van der Waals surface area contributed by atoms with Crippen molar-refractivity contribution in [3.63, 3.8) is 0 Å². The first-order valence-corrected chi connectivity index (χ1v) is 4.75. The van der Waals surface area contributed by atoms with Crippen molar-refractivity contribution < 1.29 is 9.90 Å². The fourth-order valence-electron chi connectivity index (χ4n) is 1.86. The molecular weight excluding hydrogens is 196 g/mol. The lowest BCUT2D eigenvalue weighted by atomic mass is 10.2. The molecule has 6 nitrogen and oxygen atoms in total. The molecule has 82 valence electrons. The number of carboxylic acids is 1. The standard InChI is InChI=1S/C9H14N4O2/c1-11-4-5-12(2)8-6(11)7(9(14)15)13(3)10-8/h4-5H2,1-3H3,(H,14,15). The van der Waals surface area contributed by atoms with E-state index in [1.54, 1.807) is 7.05 Å². The van der Waals surface area contributed by atoms with Gasteiger partial charge >= 0.3 is 5.97 Å². The second-order valence-electron chi connectivity index (χ2n) is 3.79. The third kappa shape index (κ3) is 1.33. The second kappa shape index (κ2) is 3.15. The summed E-state index contributed by atoms with van der Waals surface area (Å²) in [6, 6.07) is 0. The molecule has 2 heterocycles. The second-order valence-corrected chi connectivity index (χ2v) is 3.79. The Morgan fingerprint density at radius 3 is 2.47 bits per heavy atom. The number of aromatic carboxylic acids is 1. The normalized spacial score (nSPS) is 15.4. The summed E-state index contributed by atoms with van der Waals surface area (Å²) in [6.45, 7) is 1.68. The minimum atomic E-state index is -0.937. The molecule has 0 fully saturated rings. The third-order valence-electron chi connectivity index (χ3n) is 2.72. The minimum Gasteiger partial charge on any atom is -0.476 e. The zero-order valence-electron chi connectivity index (χ0n) is 9.06. The molecule has 2 rings (SSSR count). The summed E-state index contributed by atoms with van der Waals surface area (Å²) in [5.74, 6) is -0.197. The Balaban J connectivity index is 2.63. The van der Waals surface area contributed by atoms with Gasteiger partial charge in [-0.2, -0.15) is 5.10 Å². The van der Waals surface area contributed by atoms with Gasteiger partial charge in [-0.05, 0) is 0 Å². The van der Waals surface area contributed by atoms with Crippen molar-refractivity contribution in [1.82, 2.24) is 9.78 Å². The molecule has 0 unspecified atom stereocenters. The largest absolute Gasteiger partial charge is 0.476 e. The average Bonchev–Trinajstić information content (AvgIpc) is 2.50. The van der Waals surface area contributed by atoms with Crippen molar-refractivity contribution in [2.24, 2.45) is 7.05 Å². The van der Waals surface area contributed by atoms with Gasteiger partial charge in [0.05, 0.1) is 0 Å². The van der Waals surface area contributed by atoms with E-state index in [2.05, 4.69) is 5.10 Å². The first-order chi connectivity index (χ1) is 7.02. The van der Waals surface area contributed by atoms with Gasteiger partial charge in [0, 0.05) is 34.2 Å². The van der Waals surface area contributed by atoms with Gasteiger partial charge in [0.25, 0.3) is 0 Å². The van der Waals surface area contributed by atoms with Crippen LogP contribution in [0.2, 0.25) is 0 Å². The predicted octanol–water partition coefficient (Wildman–Crippen LogP) is 0.00430. The van der Waals surface area contributed by atoms with E-state index in [1.807, 2.05) is 23.9 Å². The number of likely N-dealkylation sites (N-methyl/N-ethyl adjacent to an activating group) is 2. The van der Waals surface area contributed by atoms with Crippen LogP contribution < -0.4 is 9.80 Å². The molecule has 0 radical (unpaired) electrons. The lowest BCUT2D eigenvalue weighted by Crippen LogP contribution is -2.37. The Labute approximate surface area is 87.7 Å². The Morgan fingerprint density at radius 1 is 1.27 bits per heavy atom. The quantitative estimate of drug-likeness (QED) is 0.707. The Kier molecular flexibility index (Phi) is 2.06. The average molecular weight is 210 g/mol. The van der Waals surface area contributed by atoms with E-state index in [1.165, 1.54) is 4.68 Å². The number of carboxylic acid groups (broad SMARTS) is 1. The fraction of sp³-hybridized carbons (Fsp3) is 0.556. The minimum absolute atomic E-state index is 0.249. The van der Waals surface area contributed by atoms with Crippen LogP contribution in [0.4, 0.5) is 11.5 Å². The van der Waals surface area contributed by atoms with Crippen molar-refractivity contribution in [3.05, 3.63) is 5.69 Å². The van der Waals surface area contributed by atoms with Crippen LogP contribution in [0.15, 0.2) is 0 Å². The fourth-order valence-corrected chi connectivity index (χ4v) is 1.86. The zero-order chi connectivity index (χ0) is 11.2. The number of hydrogen-bond donors (Lipinski definition) is 1. The molecule has 0 atom stereocenters. The molecule has 6 heteroatoms. The van der Waals surface area contributed by atoms with Gasteiger partial charge in [-0.3, -0.25) is 4.68 Å². The van der Waals surface area contributed by atoms with Crippen molar-refractivity contribution >= 4 is 17.5 Å². The van der Waals surface area contributed by atoms with Gasteiger partial charge in [0.1, 0.15) is 5.69 Å². The summed E-state index contributed by atoms with van der Waals surface area (Å²) in [5.41, 5.74) is 0.956. The maximum absolute atomic E-state index is 11.1.